The topological polar surface area (TPSA) is 89.0 Å². The van der Waals surface area contributed by atoms with Crippen molar-refractivity contribution in [3.8, 4) is 0 Å². The van der Waals surface area contributed by atoms with E-state index in [1.165, 1.54) is 11.6 Å². The second-order valence-electron chi connectivity index (χ2n) is 9.91. The number of nitrogens with zero attached hydrogens (tertiary/aromatic N) is 1. The Balaban J connectivity index is 1.86. The van der Waals surface area contributed by atoms with Crippen LogP contribution in [-0.2, 0) is 7.05 Å². The van der Waals surface area contributed by atoms with Crippen molar-refractivity contribution < 1.29 is 0 Å². The minimum absolute atomic E-state index is 0.310. The highest BCUT2D eigenvalue weighted by Gasteiger charge is 2.28. The van der Waals surface area contributed by atoms with Gasteiger partial charge in [-0.3, -0.25) is 28.7 Å². The minimum atomic E-state index is -0.397. The number of pyridine rings is 2. The summed E-state index contributed by atoms with van der Waals surface area (Å²) >= 11 is 4.56. The van der Waals surface area contributed by atoms with Gasteiger partial charge in [-0.05, 0) is 125 Å². The number of hydrogen-bond donors (Lipinski definition) is 1. The molecule has 0 aliphatic rings. The van der Waals surface area contributed by atoms with Crippen LogP contribution in [0.5, 0.6) is 0 Å². The summed E-state index contributed by atoms with van der Waals surface area (Å²) in [5, 5.41) is 12.7. The Hall–Kier alpha value is -3.38. The van der Waals surface area contributed by atoms with Gasteiger partial charge in [-0.2, -0.15) is 0 Å². The quantitative estimate of drug-likeness (QED) is 0.130. The van der Waals surface area contributed by atoms with E-state index in [1.807, 2.05) is 36.4 Å². The van der Waals surface area contributed by atoms with Crippen molar-refractivity contribution in [2.45, 2.75) is 0 Å². The zero-order chi connectivity index (χ0) is 25.2. The molecule has 0 aliphatic carbocycles. The third-order valence-corrected chi connectivity index (χ3v) is 10.0. The van der Waals surface area contributed by atoms with Crippen LogP contribution in [0.4, 0.5) is 0 Å². The molecule has 9 rings (SSSR count). The molecule has 8 heteroatoms. The van der Waals surface area contributed by atoms with Gasteiger partial charge in [-0.25, -0.2) is 0 Å². The molecule has 0 radical (unpaired) electrons. The molecule has 0 saturated heterocycles. The van der Waals surface area contributed by atoms with Gasteiger partial charge in [0.25, 0.3) is 22.2 Å². The van der Waals surface area contributed by atoms with Gasteiger partial charge in [0.05, 0.1) is 0 Å². The van der Waals surface area contributed by atoms with Gasteiger partial charge in [0, 0.05) is 57.3 Å². The lowest BCUT2D eigenvalue weighted by Crippen LogP contribution is -2.30. The Labute approximate surface area is 231 Å². The largest absolute Gasteiger partial charge is 0.288 e. The number of nitrogens with one attached hydrogen (secondary N) is 1. The SMILES string of the molecule is Cn1c(=O)c2cc3cc(I)c4cc5c(=O)[nH]c(=O)c6cc7cc(I)c8cc(c1=O)c2c1c3c4c(c65)c7c81. The summed E-state index contributed by atoms with van der Waals surface area (Å²) in [6.07, 6.45) is 0. The van der Waals surface area contributed by atoms with E-state index < -0.39 is 11.1 Å². The normalized spacial score (nSPS) is 13.2. The molecular weight excluding hydrogens is 694 g/mol. The van der Waals surface area contributed by atoms with E-state index in [9.17, 15) is 19.2 Å². The van der Waals surface area contributed by atoms with E-state index in [4.69, 9.17) is 0 Å². The maximum absolute atomic E-state index is 13.4. The van der Waals surface area contributed by atoms with E-state index in [2.05, 4.69) is 50.2 Å². The van der Waals surface area contributed by atoms with Crippen molar-refractivity contribution in [2.75, 3.05) is 0 Å². The maximum Gasteiger partial charge on any atom is 0.261 e. The van der Waals surface area contributed by atoms with Crippen molar-refractivity contribution >= 4 is 131 Å². The first kappa shape index (κ1) is 20.7. The Bertz CT molecular complexity index is 2740. The zero-order valence-corrected chi connectivity index (χ0v) is 23.1. The summed E-state index contributed by atoms with van der Waals surface area (Å²) in [4.78, 5) is 55.3. The molecule has 0 atom stereocenters. The van der Waals surface area contributed by atoms with Crippen LogP contribution < -0.4 is 22.2 Å². The number of rotatable bonds is 0. The Kier molecular flexibility index (Phi) is 3.45. The fraction of sp³-hybridized carbons (Fsp3) is 0.0345. The van der Waals surface area contributed by atoms with Crippen LogP contribution in [-0.4, -0.2) is 9.55 Å². The number of aromatic amines is 1. The molecule has 0 saturated carbocycles. The maximum atomic E-state index is 13.4. The van der Waals surface area contributed by atoms with Crippen LogP contribution in [0, 0.1) is 7.14 Å². The van der Waals surface area contributed by atoms with Crippen LogP contribution >= 0.6 is 45.2 Å². The van der Waals surface area contributed by atoms with E-state index in [1.54, 1.807) is 0 Å². The Morgan fingerprint density at radius 3 is 1.51 bits per heavy atom. The number of benzene rings is 7. The molecule has 0 spiro atoms. The standard InChI is InChI=1S/C29H10I2N2O4/c1-33-28(36)14-3-9-5-16(30)10-6-13-20-12(26(34)32-27(13)35)2-8-4-17(31)11-7-15(29(33)37)21(14)25-19(9)22(10)24(20)18(8)23(11)25/h2-7H,1H3,(H,32,34,35). The second kappa shape index (κ2) is 6.18. The van der Waals surface area contributed by atoms with E-state index in [0.29, 0.717) is 32.3 Å². The van der Waals surface area contributed by atoms with Gasteiger partial charge in [-0.15, -0.1) is 0 Å². The van der Waals surface area contributed by atoms with E-state index >= 15 is 0 Å². The number of aromatic nitrogens is 2. The summed E-state index contributed by atoms with van der Waals surface area (Å²) in [5.74, 6) is 0. The fourth-order valence-electron chi connectivity index (χ4n) is 6.79. The van der Waals surface area contributed by atoms with Gasteiger partial charge in [-0.1, -0.05) is 0 Å². The second-order valence-corrected chi connectivity index (χ2v) is 12.2. The zero-order valence-electron chi connectivity index (χ0n) is 18.8. The lowest BCUT2D eigenvalue weighted by Gasteiger charge is -2.24. The first-order chi connectivity index (χ1) is 17.8. The van der Waals surface area contributed by atoms with Crippen molar-refractivity contribution in [2.24, 2.45) is 7.05 Å². The summed E-state index contributed by atoms with van der Waals surface area (Å²) < 4.78 is 3.09. The first-order valence-electron chi connectivity index (χ1n) is 11.6. The summed E-state index contributed by atoms with van der Waals surface area (Å²) in [6.45, 7) is 0. The average Bonchev–Trinajstić information content (AvgIpc) is 2.88. The van der Waals surface area contributed by atoms with Crippen molar-refractivity contribution in [3.05, 3.63) is 85.0 Å². The minimum Gasteiger partial charge on any atom is -0.288 e. The molecule has 0 bridgehead atoms. The predicted molar refractivity (Wildman–Crippen MR) is 166 cm³/mol. The molecule has 0 amide bonds. The van der Waals surface area contributed by atoms with Gasteiger partial charge in [0.2, 0.25) is 0 Å². The third kappa shape index (κ3) is 2.10. The molecule has 2 aromatic heterocycles. The average molecular weight is 704 g/mol. The number of halogens is 2. The molecule has 0 aliphatic heterocycles. The summed E-state index contributed by atoms with van der Waals surface area (Å²) in [7, 11) is 1.53. The highest BCUT2D eigenvalue weighted by atomic mass is 127. The lowest BCUT2D eigenvalue weighted by atomic mass is 9.80. The smallest absolute Gasteiger partial charge is 0.261 e. The third-order valence-electron chi connectivity index (χ3n) is 8.24. The molecule has 1 N–H and O–H groups in total. The lowest BCUT2D eigenvalue weighted by molar-refractivity contribution is 0.841. The molecule has 37 heavy (non-hydrogen) atoms. The van der Waals surface area contributed by atoms with Gasteiger partial charge < -0.3 is 0 Å². The molecule has 9 aromatic rings. The van der Waals surface area contributed by atoms with Crippen LogP contribution in [0.2, 0.25) is 0 Å². The first-order valence-corrected chi connectivity index (χ1v) is 13.7. The molecule has 174 valence electrons. The molecule has 7 aromatic carbocycles. The van der Waals surface area contributed by atoms with E-state index in [0.717, 1.165) is 61.0 Å². The van der Waals surface area contributed by atoms with E-state index in [-0.39, 0.29) is 11.1 Å². The van der Waals surface area contributed by atoms with Gasteiger partial charge in [0.1, 0.15) is 0 Å². The number of H-pyrrole nitrogens is 1. The Morgan fingerprint density at radius 1 is 0.514 bits per heavy atom. The molecule has 0 fully saturated rings. The van der Waals surface area contributed by atoms with Crippen LogP contribution in [0.15, 0.2) is 55.6 Å². The fourth-order valence-corrected chi connectivity index (χ4v) is 8.31. The molecular formula is C29H10I2N2O4. The summed E-state index contributed by atoms with van der Waals surface area (Å²) in [5.41, 5.74) is -1.42. The molecule has 0 unspecified atom stereocenters. The highest BCUT2D eigenvalue weighted by molar-refractivity contribution is 14.1. The van der Waals surface area contributed by atoms with Crippen molar-refractivity contribution in [1.29, 1.82) is 0 Å². The van der Waals surface area contributed by atoms with Gasteiger partial charge in [0.15, 0.2) is 0 Å². The van der Waals surface area contributed by atoms with Gasteiger partial charge >= 0.3 is 0 Å². The molecule has 6 nitrogen and oxygen atoms in total. The summed E-state index contributed by atoms with van der Waals surface area (Å²) in [6, 6.07) is 11.6. The van der Waals surface area contributed by atoms with Crippen LogP contribution in [0.25, 0.3) is 86.2 Å². The highest BCUT2D eigenvalue weighted by Crippen LogP contribution is 2.52. The van der Waals surface area contributed by atoms with Crippen LogP contribution in [0.1, 0.15) is 0 Å². The predicted octanol–water partition coefficient (Wildman–Crippen LogP) is 5.42. The van der Waals surface area contributed by atoms with Crippen molar-refractivity contribution in [3.63, 3.8) is 0 Å². The Morgan fingerprint density at radius 2 is 0.946 bits per heavy atom. The monoisotopic (exact) mass is 704 g/mol. The molecule has 2 heterocycles. The van der Waals surface area contributed by atoms with Crippen LogP contribution in [0.3, 0.4) is 0 Å². The van der Waals surface area contributed by atoms with Crippen molar-refractivity contribution in [1.82, 2.24) is 9.55 Å². The number of hydrogen-bond acceptors (Lipinski definition) is 4.